The molecule has 0 heterocycles. The van der Waals surface area contributed by atoms with Crippen molar-refractivity contribution in [3.05, 3.63) is 64.7 Å². The Hall–Kier alpha value is -1.94. The number of benzene rings is 2. The summed E-state index contributed by atoms with van der Waals surface area (Å²) in [6.45, 7) is 1.84. The number of hydrogen-bond donors (Lipinski definition) is 2. The van der Waals surface area contributed by atoms with Crippen LogP contribution in [0.3, 0.4) is 0 Å². The first-order valence-corrected chi connectivity index (χ1v) is 5.61. The molecule has 0 amide bonds. The second-order valence-corrected chi connectivity index (χ2v) is 4.17. The summed E-state index contributed by atoms with van der Waals surface area (Å²) in [5.41, 5.74) is 4.69. The van der Waals surface area contributed by atoms with E-state index in [4.69, 9.17) is 5.84 Å². The fourth-order valence-corrected chi connectivity index (χ4v) is 1.87. The van der Waals surface area contributed by atoms with E-state index in [9.17, 15) is 8.78 Å². The van der Waals surface area contributed by atoms with Gasteiger partial charge in [0.1, 0.15) is 11.6 Å². The van der Waals surface area contributed by atoms with E-state index in [-0.39, 0.29) is 11.5 Å². The lowest BCUT2D eigenvalue weighted by Gasteiger charge is -2.10. The Morgan fingerprint density at radius 1 is 1.06 bits per heavy atom. The highest BCUT2D eigenvalue weighted by molar-refractivity contribution is 5.49. The smallest absolute Gasteiger partial charge is 0.147 e. The van der Waals surface area contributed by atoms with E-state index in [0.29, 0.717) is 12.0 Å². The van der Waals surface area contributed by atoms with Gasteiger partial charge in [-0.2, -0.15) is 0 Å². The normalized spacial score (nSPS) is 10.4. The average molecular weight is 248 g/mol. The largest absolute Gasteiger partial charge is 0.321 e. The minimum atomic E-state index is -0.436. The van der Waals surface area contributed by atoms with Crippen molar-refractivity contribution < 1.29 is 8.78 Å². The predicted molar refractivity (Wildman–Crippen MR) is 68.2 cm³/mol. The molecule has 94 valence electrons. The highest BCUT2D eigenvalue weighted by Gasteiger charge is 2.09. The van der Waals surface area contributed by atoms with Crippen molar-refractivity contribution in [2.24, 2.45) is 5.84 Å². The van der Waals surface area contributed by atoms with Crippen LogP contribution in [0.2, 0.25) is 0 Å². The molecular formula is C14H14F2N2. The van der Waals surface area contributed by atoms with Gasteiger partial charge in [-0.1, -0.05) is 18.2 Å². The number of hydrogen-bond acceptors (Lipinski definition) is 2. The Balaban J connectivity index is 2.35. The molecule has 0 saturated heterocycles. The summed E-state index contributed by atoms with van der Waals surface area (Å²) in [6.07, 6.45) is 0.361. The van der Waals surface area contributed by atoms with Crippen LogP contribution >= 0.6 is 0 Å². The zero-order valence-corrected chi connectivity index (χ0v) is 10.0. The molecule has 0 spiro atoms. The molecule has 0 aliphatic carbocycles. The number of hydrazine groups is 1. The van der Waals surface area contributed by atoms with Crippen molar-refractivity contribution >= 4 is 5.69 Å². The van der Waals surface area contributed by atoms with Gasteiger partial charge in [-0.25, -0.2) is 8.78 Å². The van der Waals surface area contributed by atoms with Crippen LogP contribution in [0.4, 0.5) is 14.5 Å². The summed E-state index contributed by atoms with van der Waals surface area (Å²) in [7, 11) is 0. The van der Waals surface area contributed by atoms with Crippen LogP contribution in [0, 0.1) is 18.6 Å². The van der Waals surface area contributed by atoms with Gasteiger partial charge in [0, 0.05) is 6.42 Å². The number of aryl methyl sites for hydroxylation is 1. The van der Waals surface area contributed by atoms with Gasteiger partial charge >= 0.3 is 0 Å². The molecule has 0 aliphatic heterocycles. The van der Waals surface area contributed by atoms with Crippen molar-refractivity contribution in [1.82, 2.24) is 0 Å². The monoisotopic (exact) mass is 248 g/mol. The predicted octanol–water partition coefficient (Wildman–Crippen LogP) is 3.15. The number of nitrogen functional groups attached to an aromatic ring is 1. The molecule has 2 aromatic carbocycles. The molecule has 3 N–H and O–H groups in total. The second kappa shape index (κ2) is 5.14. The van der Waals surface area contributed by atoms with E-state index in [1.165, 1.54) is 12.1 Å². The van der Waals surface area contributed by atoms with Crippen LogP contribution in [-0.2, 0) is 6.42 Å². The molecule has 18 heavy (non-hydrogen) atoms. The third-order valence-electron chi connectivity index (χ3n) is 2.92. The number of anilines is 1. The lowest BCUT2D eigenvalue weighted by atomic mass is 9.99. The molecule has 4 heteroatoms. The number of nitrogens with two attached hydrogens (primary N) is 1. The van der Waals surface area contributed by atoms with Gasteiger partial charge in [0.15, 0.2) is 0 Å². The molecule has 0 aromatic heterocycles. The fraction of sp³-hybridized carbons (Fsp3) is 0.143. The van der Waals surface area contributed by atoms with Gasteiger partial charge in [-0.15, -0.1) is 0 Å². The first-order valence-electron chi connectivity index (χ1n) is 5.61. The van der Waals surface area contributed by atoms with Crippen molar-refractivity contribution in [2.45, 2.75) is 13.3 Å². The Bertz CT molecular complexity index is 568. The topological polar surface area (TPSA) is 38.0 Å². The maximum Gasteiger partial charge on any atom is 0.147 e. The van der Waals surface area contributed by atoms with Crippen molar-refractivity contribution in [3.63, 3.8) is 0 Å². The van der Waals surface area contributed by atoms with Gasteiger partial charge < -0.3 is 5.43 Å². The van der Waals surface area contributed by atoms with Gasteiger partial charge in [-0.05, 0) is 41.8 Å². The summed E-state index contributed by atoms with van der Waals surface area (Å²) in [5.74, 6) is 4.48. The maximum absolute atomic E-state index is 13.6. The quantitative estimate of drug-likeness (QED) is 0.647. The lowest BCUT2D eigenvalue weighted by Crippen LogP contribution is -2.09. The van der Waals surface area contributed by atoms with E-state index in [0.717, 1.165) is 11.1 Å². The Kier molecular flexibility index (Phi) is 3.58. The van der Waals surface area contributed by atoms with E-state index < -0.39 is 5.82 Å². The fourth-order valence-electron chi connectivity index (χ4n) is 1.87. The van der Waals surface area contributed by atoms with Gasteiger partial charge in [0.25, 0.3) is 0 Å². The van der Waals surface area contributed by atoms with Crippen molar-refractivity contribution in [1.29, 1.82) is 0 Å². The maximum atomic E-state index is 13.6. The Labute approximate surface area is 104 Å². The average Bonchev–Trinajstić information content (AvgIpc) is 2.36. The zero-order chi connectivity index (χ0) is 13.1. The van der Waals surface area contributed by atoms with Crippen LogP contribution < -0.4 is 11.3 Å². The first kappa shape index (κ1) is 12.5. The van der Waals surface area contributed by atoms with E-state index in [1.54, 1.807) is 24.3 Å². The van der Waals surface area contributed by atoms with E-state index in [1.807, 2.05) is 6.92 Å². The highest BCUT2D eigenvalue weighted by atomic mass is 19.1. The standard InChI is InChI=1S/C14H14F2N2/c1-9-6-14(18-17)13(16)8-11(9)7-10-4-2-3-5-12(10)15/h2-6,8,18H,7,17H2,1H3. The number of halogens is 2. The molecule has 0 radical (unpaired) electrons. The van der Waals surface area contributed by atoms with Crippen LogP contribution in [0.15, 0.2) is 36.4 Å². The molecular weight excluding hydrogens is 234 g/mol. The third-order valence-corrected chi connectivity index (χ3v) is 2.92. The third kappa shape index (κ3) is 2.49. The minimum absolute atomic E-state index is 0.241. The minimum Gasteiger partial charge on any atom is -0.321 e. The summed E-state index contributed by atoms with van der Waals surface area (Å²) in [4.78, 5) is 0. The summed E-state index contributed by atoms with van der Waals surface area (Å²) in [6, 6.07) is 9.49. The van der Waals surface area contributed by atoms with Crippen molar-refractivity contribution in [3.8, 4) is 0 Å². The summed E-state index contributed by atoms with van der Waals surface area (Å²) >= 11 is 0. The van der Waals surface area contributed by atoms with Gasteiger partial charge in [0.05, 0.1) is 5.69 Å². The van der Waals surface area contributed by atoms with Crippen LogP contribution in [-0.4, -0.2) is 0 Å². The second-order valence-electron chi connectivity index (χ2n) is 4.17. The SMILES string of the molecule is Cc1cc(NN)c(F)cc1Cc1ccccc1F. The Morgan fingerprint density at radius 2 is 1.78 bits per heavy atom. The van der Waals surface area contributed by atoms with E-state index >= 15 is 0 Å². The van der Waals surface area contributed by atoms with Crippen LogP contribution in [0.25, 0.3) is 0 Å². The van der Waals surface area contributed by atoms with Gasteiger partial charge in [0.2, 0.25) is 0 Å². The van der Waals surface area contributed by atoms with Crippen LogP contribution in [0.5, 0.6) is 0 Å². The lowest BCUT2D eigenvalue weighted by molar-refractivity contribution is 0.611. The van der Waals surface area contributed by atoms with E-state index in [2.05, 4.69) is 5.43 Å². The molecule has 2 aromatic rings. The van der Waals surface area contributed by atoms with Crippen molar-refractivity contribution in [2.75, 3.05) is 5.43 Å². The molecule has 0 saturated carbocycles. The Morgan fingerprint density at radius 3 is 2.44 bits per heavy atom. The van der Waals surface area contributed by atoms with Crippen LogP contribution in [0.1, 0.15) is 16.7 Å². The first-order chi connectivity index (χ1) is 8.61. The molecule has 0 bridgehead atoms. The highest BCUT2D eigenvalue weighted by Crippen LogP contribution is 2.22. The molecule has 0 unspecified atom stereocenters. The molecule has 0 fully saturated rings. The number of nitrogens with one attached hydrogen (secondary N) is 1. The molecule has 0 aliphatic rings. The summed E-state index contributed by atoms with van der Waals surface area (Å²) in [5, 5.41) is 0. The summed E-state index contributed by atoms with van der Waals surface area (Å²) < 4.78 is 27.1. The molecule has 2 nitrogen and oxygen atoms in total. The zero-order valence-electron chi connectivity index (χ0n) is 10.0. The number of rotatable bonds is 3. The molecule has 0 atom stereocenters. The molecule has 2 rings (SSSR count). The van der Waals surface area contributed by atoms with Gasteiger partial charge in [-0.3, -0.25) is 5.84 Å².